The van der Waals surface area contributed by atoms with E-state index >= 15 is 0 Å². The molecule has 2 heterocycles. The Morgan fingerprint density at radius 3 is 3.00 bits per heavy atom. The first-order chi connectivity index (χ1) is 9.28. The van der Waals surface area contributed by atoms with Crippen molar-refractivity contribution in [2.24, 2.45) is 5.73 Å². The summed E-state index contributed by atoms with van der Waals surface area (Å²) in [6, 6.07) is 7.36. The molecule has 3 rings (SSSR count). The van der Waals surface area contributed by atoms with E-state index in [1.165, 1.54) is 43.7 Å². The Morgan fingerprint density at radius 1 is 1.26 bits per heavy atom. The highest BCUT2D eigenvalue weighted by Gasteiger charge is 2.31. The van der Waals surface area contributed by atoms with Gasteiger partial charge in [-0.25, -0.2) is 0 Å². The highest BCUT2D eigenvalue weighted by atomic mass is 79.9. The molecule has 4 heteroatoms. The molecule has 104 valence electrons. The Kier molecular flexibility index (Phi) is 4.10. The maximum atomic E-state index is 5.74. The van der Waals surface area contributed by atoms with Gasteiger partial charge in [-0.2, -0.15) is 0 Å². The molecule has 0 spiro atoms. The van der Waals surface area contributed by atoms with Crippen molar-refractivity contribution in [1.82, 2.24) is 4.90 Å². The number of piperazine rings is 1. The zero-order chi connectivity index (χ0) is 13.2. The van der Waals surface area contributed by atoms with E-state index in [4.69, 9.17) is 5.73 Å². The van der Waals surface area contributed by atoms with Crippen molar-refractivity contribution in [3.63, 3.8) is 0 Å². The Bertz CT molecular complexity index is 449. The number of halogens is 1. The number of benzene rings is 1. The molecule has 0 bridgehead atoms. The smallest absolute Gasteiger partial charge is 0.0411 e. The predicted molar refractivity (Wildman–Crippen MR) is 83.7 cm³/mol. The molecule has 0 saturated carbocycles. The second-order valence-corrected chi connectivity index (χ2v) is 6.51. The summed E-state index contributed by atoms with van der Waals surface area (Å²) >= 11 is 3.60. The van der Waals surface area contributed by atoms with Gasteiger partial charge >= 0.3 is 0 Å². The van der Waals surface area contributed by atoms with Gasteiger partial charge in [0.1, 0.15) is 0 Å². The standard InChI is InChI=1S/C15H22BrN3/c16-13-4-3-12(5-6-17)15(10-13)19-9-8-18-7-1-2-14(18)11-19/h3-4,10,14H,1-2,5-9,11,17H2. The van der Waals surface area contributed by atoms with Gasteiger partial charge in [-0.1, -0.05) is 22.0 Å². The summed E-state index contributed by atoms with van der Waals surface area (Å²) in [6.07, 6.45) is 3.69. The van der Waals surface area contributed by atoms with Crippen molar-refractivity contribution in [2.45, 2.75) is 25.3 Å². The molecule has 1 atom stereocenters. The number of fused-ring (bicyclic) bond motifs is 1. The molecule has 2 N–H and O–H groups in total. The molecular formula is C15H22BrN3. The normalized spacial score (nSPS) is 23.7. The molecule has 2 fully saturated rings. The van der Waals surface area contributed by atoms with E-state index in [2.05, 4.69) is 43.9 Å². The molecule has 19 heavy (non-hydrogen) atoms. The van der Waals surface area contributed by atoms with E-state index in [1.807, 2.05) is 0 Å². The fourth-order valence-corrected chi connectivity index (χ4v) is 3.76. The van der Waals surface area contributed by atoms with Crippen LogP contribution in [0.15, 0.2) is 22.7 Å². The molecule has 2 aliphatic rings. The predicted octanol–water partition coefficient (Wildman–Crippen LogP) is 2.23. The average Bonchev–Trinajstić information content (AvgIpc) is 2.88. The third kappa shape index (κ3) is 2.81. The zero-order valence-corrected chi connectivity index (χ0v) is 12.9. The quantitative estimate of drug-likeness (QED) is 0.925. The molecular weight excluding hydrogens is 302 g/mol. The lowest BCUT2D eigenvalue weighted by atomic mass is 10.1. The van der Waals surface area contributed by atoms with Gasteiger partial charge in [-0.3, -0.25) is 4.90 Å². The SMILES string of the molecule is NCCc1ccc(Br)cc1N1CCN2CCCC2C1. The van der Waals surface area contributed by atoms with Crippen LogP contribution in [0.2, 0.25) is 0 Å². The van der Waals surface area contributed by atoms with Gasteiger partial charge in [0.2, 0.25) is 0 Å². The molecule has 1 unspecified atom stereocenters. The van der Waals surface area contributed by atoms with Crippen LogP contribution in [0.4, 0.5) is 5.69 Å². The highest BCUT2D eigenvalue weighted by molar-refractivity contribution is 9.10. The topological polar surface area (TPSA) is 32.5 Å². The van der Waals surface area contributed by atoms with E-state index in [0.29, 0.717) is 0 Å². The van der Waals surface area contributed by atoms with Gasteiger partial charge in [0.25, 0.3) is 0 Å². The zero-order valence-electron chi connectivity index (χ0n) is 11.3. The van der Waals surface area contributed by atoms with Gasteiger partial charge in [-0.05, 0) is 50.0 Å². The number of hydrogen-bond donors (Lipinski definition) is 1. The van der Waals surface area contributed by atoms with E-state index < -0.39 is 0 Å². The van der Waals surface area contributed by atoms with Crippen molar-refractivity contribution < 1.29 is 0 Å². The van der Waals surface area contributed by atoms with Crippen molar-refractivity contribution in [2.75, 3.05) is 37.6 Å². The van der Waals surface area contributed by atoms with Gasteiger partial charge in [0.15, 0.2) is 0 Å². The average molecular weight is 324 g/mol. The summed E-state index contributed by atoms with van der Waals surface area (Å²) in [4.78, 5) is 5.21. The largest absolute Gasteiger partial charge is 0.368 e. The van der Waals surface area contributed by atoms with Gasteiger partial charge < -0.3 is 10.6 Å². The first-order valence-electron chi connectivity index (χ1n) is 7.25. The van der Waals surface area contributed by atoms with Gasteiger partial charge in [0, 0.05) is 35.8 Å². The lowest BCUT2D eigenvalue weighted by molar-refractivity contribution is 0.231. The number of hydrogen-bond acceptors (Lipinski definition) is 3. The van der Waals surface area contributed by atoms with Crippen LogP contribution in [0, 0.1) is 0 Å². The summed E-state index contributed by atoms with van der Waals surface area (Å²) < 4.78 is 1.16. The van der Waals surface area contributed by atoms with Crippen LogP contribution in [0.25, 0.3) is 0 Å². The second-order valence-electron chi connectivity index (χ2n) is 5.59. The lowest BCUT2D eigenvalue weighted by Gasteiger charge is -2.39. The van der Waals surface area contributed by atoms with Crippen LogP contribution in [-0.4, -0.2) is 43.7 Å². The summed E-state index contributed by atoms with van der Waals surface area (Å²) in [5.41, 5.74) is 8.51. The van der Waals surface area contributed by atoms with Gasteiger partial charge in [0.05, 0.1) is 0 Å². The first-order valence-corrected chi connectivity index (χ1v) is 8.05. The van der Waals surface area contributed by atoms with Crippen molar-refractivity contribution in [1.29, 1.82) is 0 Å². The molecule has 3 nitrogen and oxygen atoms in total. The first kappa shape index (κ1) is 13.4. The lowest BCUT2D eigenvalue weighted by Crippen LogP contribution is -2.50. The minimum atomic E-state index is 0.720. The number of anilines is 1. The molecule has 1 aromatic carbocycles. The van der Waals surface area contributed by atoms with Crippen LogP contribution in [0.5, 0.6) is 0 Å². The Labute approximate surface area is 123 Å². The fraction of sp³-hybridized carbons (Fsp3) is 0.600. The number of nitrogens with two attached hydrogens (primary N) is 1. The Morgan fingerprint density at radius 2 is 2.16 bits per heavy atom. The molecule has 0 amide bonds. The molecule has 2 saturated heterocycles. The molecule has 0 aromatic heterocycles. The van der Waals surface area contributed by atoms with Crippen LogP contribution in [0.1, 0.15) is 18.4 Å². The summed E-state index contributed by atoms with van der Waals surface area (Å²) in [5, 5.41) is 0. The third-order valence-corrected chi connectivity index (χ3v) is 4.88. The molecule has 2 aliphatic heterocycles. The fourth-order valence-electron chi connectivity index (χ4n) is 3.41. The van der Waals surface area contributed by atoms with Crippen molar-refractivity contribution in [3.05, 3.63) is 28.2 Å². The Balaban J connectivity index is 1.82. The van der Waals surface area contributed by atoms with Crippen LogP contribution in [-0.2, 0) is 6.42 Å². The summed E-state index contributed by atoms with van der Waals surface area (Å²) in [7, 11) is 0. The van der Waals surface area contributed by atoms with Crippen LogP contribution >= 0.6 is 15.9 Å². The molecule has 0 aliphatic carbocycles. The minimum Gasteiger partial charge on any atom is -0.368 e. The van der Waals surface area contributed by atoms with Crippen LogP contribution < -0.4 is 10.6 Å². The molecule has 0 radical (unpaired) electrons. The second kappa shape index (κ2) is 5.81. The van der Waals surface area contributed by atoms with Crippen molar-refractivity contribution in [3.8, 4) is 0 Å². The Hall–Kier alpha value is -0.580. The number of rotatable bonds is 3. The number of nitrogens with zero attached hydrogens (tertiary/aromatic N) is 2. The summed E-state index contributed by atoms with van der Waals surface area (Å²) in [6.45, 7) is 5.54. The third-order valence-electron chi connectivity index (χ3n) is 4.39. The van der Waals surface area contributed by atoms with Crippen LogP contribution in [0.3, 0.4) is 0 Å². The maximum Gasteiger partial charge on any atom is 0.0411 e. The van der Waals surface area contributed by atoms with E-state index in [-0.39, 0.29) is 0 Å². The van der Waals surface area contributed by atoms with E-state index in [9.17, 15) is 0 Å². The van der Waals surface area contributed by atoms with E-state index in [0.717, 1.165) is 30.0 Å². The summed E-state index contributed by atoms with van der Waals surface area (Å²) in [5.74, 6) is 0. The maximum absolute atomic E-state index is 5.74. The monoisotopic (exact) mass is 323 g/mol. The highest BCUT2D eigenvalue weighted by Crippen LogP contribution is 2.30. The van der Waals surface area contributed by atoms with Crippen molar-refractivity contribution >= 4 is 21.6 Å². The minimum absolute atomic E-state index is 0.720. The molecule has 1 aromatic rings. The van der Waals surface area contributed by atoms with E-state index in [1.54, 1.807) is 0 Å². The van der Waals surface area contributed by atoms with Gasteiger partial charge in [-0.15, -0.1) is 0 Å².